The van der Waals surface area contributed by atoms with Crippen molar-refractivity contribution in [2.24, 2.45) is 7.05 Å². The molecule has 0 aromatic carbocycles. The lowest BCUT2D eigenvalue weighted by molar-refractivity contribution is -0.125. The number of hydrogen-bond acceptors (Lipinski definition) is 3. The molecule has 1 aliphatic rings. The maximum absolute atomic E-state index is 11.8. The van der Waals surface area contributed by atoms with Crippen LogP contribution in [-0.2, 0) is 18.4 Å². The van der Waals surface area contributed by atoms with Gasteiger partial charge < -0.3 is 4.90 Å². The maximum atomic E-state index is 11.8. The number of nitrogens with zero attached hydrogens (tertiary/aromatic N) is 3. The molecule has 1 N–H and O–H groups in total. The second kappa shape index (κ2) is 3.98. The third kappa shape index (κ3) is 1.77. The van der Waals surface area contributed by atoms with Gasteiger partial charge >= 0.3 is 6.03 Å². The molecule has 1 aromatic rings. The SMILES string of the molecule is Cc1nn(C)c(Cl)c1CN1C(=O)NC(=O)C1(C)C. The summed E-state index contributed by atoms with van der Waals surface area (Å²) in [7, 11) is 1.74. The van der Waals surface area contributed by atoms with Crippen LogP contribution in [0.5, 0.6) is 0 Å². The van der Waals surface area contributed by atoms with Gasteiger partial charge in [0.15, 0.2) is 0 Å². The summed E-state index contributed by atoms with van der Waals surface area (Å²) in [6, 6.07) is -0.399. The topological polar surface area (TPSA) is 67.2 Å². The highest BCUT2D eigenvalue weighted by molar-refractivity contribution is 6.30. The van der Waals surface area contributed by atoms with Gasteiger partial charge in [0.25, 0.3) is 5.91 Å². The monoisotopic (exact) mass is 270 g/mol. The van der Waals surface area contributed by atoms with Crippen molar-refractivity contribution in [3.05, 3.63) is 16.4 Å². The zero-order valence-corrected chi connectivity index (χ0v) is 11.5. The van der Waals surface area contributed by atoms with Gasteiger partial charge in [-0.3, -0.25) is 14.8 Å². The van der Waals surface area contributed by atoms with Crippen molar-refractivity contribution in [1.82, 2.24) is 20.0 Å². The van der Waals surface area contributed by atoms with Gasteiger partial charge in [0.2, 0.25) is 0 Å². The summed E-state index contributed by atoms with van der Waals surface area (Å²) in [6.45, 7) is 5.49. The Bertz CT molecular complexity index is 535. The first-order chi connectivity index (χ1) is 8.25. The Balaban J connectivity index is 2.34. The Hall–Kier alpha value is -1.56. The van der Waals surface area contributed by atoms with Crippen molar-refractivity contribution in [3.8, 4) is 0 Å². The van der Waals surface area contributed by atoms with E-state index >= 15 is 0 Å². The number of halogens is 1. The smallest absolute Gasteiger partial charge is 0.306 e. The van der Waals surface area contributed by atoms with Crippen molar-refractivity contribution >= 4 is 23.5 Å². The molecular weight excluding hydrogens is 256 g/mol. The molecule has 0 spiro atoms. The highest BCUT2D eigenvalue weighted by atomic mass is 35.5. The quantitative estimate of drug-likeness (QED) is 0.822. The number of urea groups is 1. The van der Waals surface area contributed by atoms with Gasteiger partial charge in [0.05, 0.1) is 12.2 Å². The Morgan fingerprint density at radius 2 is 2.00 bits per heavy atom. The third-order valence-electron chi connectivity index (χ3n) is 3.28. The number of carbonyl (C=O) groups is 2. The normalized spacial score (nSPS) is 18.4. The molecule has 2 rings (SSSR count). The van der Waals surface area contributed by atoms with Crippen molar-refractivity contribution in [1.29, 1.82) is 0 Å². The highest BCUT2D eigenvalue weighted by Crippen LogP contribution is 2.27. The fourth-order valence-electron chi connectivity index (χ4n) is 1.98. The minimum atomic E-state index is -0.872. The van der Waals surface area contributed by atoms with Crippen molar-refractivity contribution in [2.45, 2.75) is 32.9 Å². The molecule has 98 valence electrons. The number of amides is 3. The minimum absolute atomic E-state index is 0.267. The molecule has 7 heteroatoms. The molecule has 0 saturated carbocycles. The van der Waals surface area contributed by atoms with Crippen LogP contribution in [0.1, 0.15) is 25.1 Å². The minimum Gasteiger partial charge on any atom is -0.306 e. The van der Waals surface area contributed by atoms with Crippen LogP contribution in [0.25, 0.3) is 0 Å². The molecule has 1 saturated heterocycles. The van der Waals surface area contributed by atoms with Crippen molar-refractivity contribution < 1.29 is 9.59 Å². The molecule has 1 aliphatic heterocycles. The molecule has 0 bridgehead atoms. The van der Waals surface area contributed by atoms with Crippen LogP contribution in [-0.4, -0.2) is 32.2 Å². The zero-order chi connectivity index (χ0) is 13.7. The van der Waals surface area contributed by atoms with E-state index in [0.717, 1.165) is 11.3 Å². The summed E-state index contributed by atoms with van der Waals surface area (Å²) < 4.78 is 1.55. The highest BCUT2D eigenvalue weighted by Gasteiger charge is 2.45. The van der Waals surface area contributed by atoms with Gasteiger partial charge in [0, 0.05) is 12.6 Å². The summed E-state index contributed by atoms with van der Waals surface area (Å²) in [5.41, 5.74) is 0.644. The van der Waals surface area contributed by atoms with E-state index in [1.807, 2.05) is 6.92 Å². The molecule has 1 fully saturated rings. The standard InChI is InChI=1S/C11H15ClN4O2/c1-6-7(8(12)15(4)14-6)5-16-10(18)13-9(17)11(16,2)3/h5H2,1-4H3,(H,13,17,18). The zero-order valence-electron chi connectivity index (χ0n) is 10.7. The van der Waals surface area contributed by atoms with Crippen LogP contribution in [0.3, 0.4) is 0 Å². The Morgan fingerprint density at radius 1 is 1.39 bits per heavy atom. The number of imide groups is 1. The van der Waals surface area contributed by atoms with E-state index in [0.29, 0.717) is 5.15 Å². The molecule has 18 heavy (non-hydrogen) atoms. The van der Waals surface area contributed by atoms with Crippen LogP contribution in [0.2, 0.25) is 5.15 Å². The molecule has 3 amide bonds. The summed E-state index contributed by atoms with van der Waals surface area (Å²) >= 11 is 6.13. The molecule has 0 radical (unpaired) electrons. The van der Waals surface area contributed by atoms with Crippen LogP contribution in [0, 0.1) is 6.92 Å². The van der Waals surface area contributed by atoms with E-state index in [1.54, 1.807) is 25.6 Å². The first-order valence-corrected chi connectivity index (χ1v) is 5.94. The largest absolute Gasteiger partial charge is 0.325 e. The Kier molecular flexibility index (Phi) is 2.85. The van der Waals surface area contributed by atoms with Gasteiger partial charge in [-0.05, 0) is 20.8 Å². The van der Waals surface area contributed by atoms with Crippen LogP contribution < -0.4 is 5.32 Å². The van der Waals surface area contributed by atoms with Gasteiger partial charge in [0.1, 0.15) is 10.7 Å². The summed E-state index contributed by atoms with van der Waals surface area (Å²) in [5.74, 6) is -0.301. The molecule has 6 nitrogen and oxygen atoms in total. The molecular formula is C11H15ClN4O2. The first-order valence-electron chi connectivity index (χ1n) is 5.56. The molecule has 1 aromatic heterocycles. The lowest BCUT2D eigenvalue weighted by Crippen LogP contribution is -2.43. The van der Waals surface area contributed by atoms with Gasteiger partial charge in [-0.15, -0.1) is 0 Å². The number of carbonyl (C=O) groups excluding carboxylic acids is 2. The van der Waals surface area contributed by atoms with E-state index in [4.69, 9.17) is 11.6 Å². The average molecular weight is 271 g/mol. The fourth-order valence-corrected chi connectivity index (χ4v) is 2.21. The lowest BCUT2D eigenvalue weighted by Gasteiger charge is -2.27. The number of rotatable bonds is 2. The predicted octanol–water partition coefficient (Wildman–Crippen LogP) is 1.21. The molecule has 2 heterocycles. The number of nitrogens with one attached hydrogen (secondary N) is 1. The van der Waals surface area contributed by atoms with E-state index in [1.165, 1.54) is 4.90 Å². The molecule has 0 unspecified atom stereocenters. The van der Waals surface area contributed by atoms with Crippen LogP contribution in [0.15, 0.2) is 0 Å². The van der Waals surface area contributed by atoms with Crippen molar-refractivity contribution in [2.75, 3.05) is 0 Å². The first kappa shape index (κ1) is 12.9. The third-order valence-corrected chi connectivity index (χ3v) is 3.75. The van der Waals surface area contributed by atoms with Crippen LogP contribution >= 0.6 is 11.6 Å². The number of aryl methyl sites for hydroxylation is 2. The maximum Gasteiger partial charge on any atom is 0.325 e. The van der Waals surface area contributed by atoms with E-state index in [-0.39, 0.29) is 12.5 Å². The second-order valence-corrected chi connectivity index (χ2v) is 5.24. The van der Waals surface area contributed by atoms with Crippen molar-refractivity contribution in [3.63, 3.8) is 0 Å². The Labute approximate surface area is 110 Å². The Morgan fingerprint density at radius 3 is 2.39 bits per heavy atom. The predicted molar refractivity (Wildman–Crippen MR) is 66.1 cm³/mol. The van der Waals surface area contributed by atoms with Crippen LogP contribution in [0.4, 0.5) is 4.79 Å². The van der Waals surface area contributed by atoms with Gasteiger partial charge in [-0.1, -0.05) is 11.6 Å². The molecule has 0 atom stereocenters. The number of hydrogen-bond donors (Lipinski definition) is 1. The lowest BCUT2D eigenvalue weighted by atomic mass is 10.0. The second-order valence-electron chi connectivity index (χ2n) is 4.88. The number of aromatic nitrogens is 2. The summed E-state index contributed by atoms with van der Waals surface area (Å²) in [5, 5.41) is 6.97. The summed E-state index contributed by atoms with van der Waals surface area (Å²) in [4.78, 5) is 24.9. The van der Waals surface area contributed by atoms with Gasteiger partial charge in [-0.25, -0.2) is 4.79 Å². The average Bonchev–Trinajstić information content (AvgIpc) is 2.59. The van der Waals surface area contributed by atoms with E-state index in [2.05, 4.69) is 10.4 Å². The molecule has 0 aliphatic carbocycles. The van der Waals surface area contributed by atoms with Gasteiger partial charge in [-0.2, -0.15) is 5.10 Å². The summed E-state index contributed by atoms with van der Waals surface area (Å²) in [6.07, 6.45) is 0. The fraction of sp³-hybridized carbons (Fsp3) is 0.545. The van der Waals surface area contributed by atoms with E-state index < -0.39 is 11.6 Å². The van der Waals surface area contributed by atoms with E-state index in [9.17, 15) is 9.59 Å².